The summed E-state index contributed by atoms with van der Waals surface area (Å²) in [5, 5.41) is 2.76. The smallest absolute Gasteiger partial charge is 0.328 e. The van der Waals surface area contributed by atoms with E-state index in [9.17, 15) is 9.59 Å². The van der Waals surface area contributed by atoms with E-state index in [0.717, 1.165) is 18.6 Å². The molecule has 0 radical (unpaired) electrons. The third-order valence-electron chi connectivity index (χ3n) is 3.11. The van der Waals surface area contributed by atoms with Crippen molar-refractivity contribution in [2.75, 3.05) is 12.9 Å². The molecule has 0 aliphatic heterocycles. The Morgan fingerprint density at radius 3 is 2.45 bits per heavy atom. The number of amides is 1. The van der Waals surface area contributed by atoms with Gasteiger partial charge in [0.05, 0.1) is 7.11 Å². The monoisotopic (exact) mass is 301 g/mol. The molecule has 0 heterocycles. The number of hydrogen-bond acceptors (Lipinski definition) is 4. The standard InChI is InChI=1S/C15H27NO3S/c1-5-12(8-6-7-9-20)10-13(17)16-14(11(2)3)15(18)19-4/h6,8,11-12,14,20H,5,7,9-10H2,1-4H3,(H,16,17)/b8-6+. The number of carbonyl (C=O) groups excluding carboxylic acids is 2. The molecule has 0 rings (SSSR count). The highest BCUT2D eigenvalue weighted by atomic mass is 32.1. The van der Waals surface area contributed by atoms with Crippen LogP contribution < -0.4 is 5.32 Å². The second-order valence-corrected chi connectivity index (χ2v) is 5.57. The summed E-state index contributed by atoms with van der Waals surface area (Å²) in [6, 6.07) is -0.577. The van der Waals surface area contributed by atoms with Gasteiger partial charge in [0.2, 0.25) is 5.91 Å². The number of allylic oxidation sites excluding steroid dienone is 2. The van der Waals surface area contributed by atoms with Crippen LogP contribution in [0.5, 0.6) is 0 Å². The lowest BCUT2D eigenvalue weighted by atomic mass is 9.99. The van der Waals surface area contributed by atoms with E-state index in [1.807, 2.05) is 20.8 Å². The fourth-order valence-electron chi connectivity index (χ4n) is 1.81. The highest BCUT2D eigenvalue weighted by molar-refractivity contribution is 7.80. The zero-order valence-electron chi connectivity index (χ0n) is 12.9. The minimum atomic E-state index is -0.577. The molecular weight excluding hydrogens is 274 g/mol. The third-order valence-corrected chi connectivity index (χ3v) is 3.37. The lowest BCUT2D eigenvalue weighted by Gasteiger charge is -2.20. The van der Waals surface area contributed by atoms with Gasteiger partial charge in [0.15, 0.2) is 0 Å². The summed E-state index contributed by atoms with van der Waals surface area (Å²) in [5.41, 5.74) is 0. The van der Waals surface area contributed by atoms with Crippen molar-refractivity contribution < 1.29 is 14.3 Å². The highest BCUT2D eigenvalue weighted by Crippen LogP contribution is 2.12. The second kappa shape index (κ2) is 10.8. The maximum Gasteiger partial charge on any atom is 0.328 e. The van der Waals surface area contributed by atoms with Crippen LogP contribution >= 0.6 is 12.6 Å². The number of nitrogens with one attached hydrogen (secondary N) is 1. The van der Waals surface area contributed by atoms with Gasteiger partial charge in [-0.3, -0.25) is 4.79 Å². The van der Waals surface area contributed by atoms with Crippen molar-refractivity contribution in [1.82, 2.24) is 5.32 Å². The molecule has 0 aliphatic carbocycles. The summed E-state index contributed by atoms with van der Waals surface area (Å²) in [6.45, 7) is 5.81. The Kier molecular flexibility index (Phi) is 10.3. The largest absolute Gasteiger partial charge is 0.467 e. The summed E-state index contributed by atoms with van der Waals surface area (Å²) < 4.78 is 4.71. The fourth-order valence-corrected chi connectivity index (χ4v) is 1.96. The Hall–Kier alpha value is -0.970. The summed E-state index contributed by atoms with van der Waals surface area (Å²) in [4.78, 5) is 23.6. The third kappa shape index (κ3) is 7.58. The van der Waals surface area contributed by atoms with Crippen LogP contribution in [0.15, 0.2) is 12.2 Å². The molecule has 1 N–H and O–H groups in total. The fraction of sp³-hybridized carbons (Fsp3) is 0.733. The number of thiol groups is 1. The Morgan fingerprint density at radius 1 is 1.35 bits per heavy atom. The van der Waals surface area contributed by atoms with E-state index < -0.39 is 12.0 Å². The average Bonchev–Trinajstić information content (AvgIpc) is 2.42. The van der Waals surface area contributed by atoms with Gasteiger partial charge in [-0.2, -0.15) is 12.6 Å². The molecular formula is C15H27NO3S. The lowest BCUT2D eigenvalue weighted by molar-refractivity contribution is -0.146. The van der Waals surface area contributed by atoms with E-state index in [1.54, 1.807) is 0 Å². The summed E-state index contributed by atoms with van der Waals surface area (Å²) >= 11 is 4.14. The number of rotatable bonds is 9. The van der Waals surface area contributed by atoms with Crippen molar-refractivity contribution in [3.8, 4) is 0 Å². The SMILES string of the molecule is CCC(/C=C/CCS)CC(=O)NC(C(=O)OC)C(C)C. The zero-order valence-corrected chi connectivity index (χ0v) is 13.8. The van der Waals surface area contributed by atoms with Crippen molar-refractivity contribution in [2.45, 2.75) is 46.1 Å². The van der Waals surface area contributed by atoms with Crippen molar-refractivity contribution in [3.63, 3.8) is 0 Å². The number of esters is 1. The van der Waals surface area contributed by atoms with E-state index in [-0.39, 0.29) is 17.7 Å². The van der Waals surface area contributed by atoms with Gasteiger partial charge in [-0.15, -0.1) is 0 Å². The topological polar surface area (TPSA) is 55.4 Å². The first kappa shape index (κ1) is 19.0. The predicted octanol–water partition coefficient (Wildman–Crippen LogP) is 2.59. The van der Waals surface area contributed by atoms with Crippen LogP contribution in [0.4, 0.5) is 0 Å². The van der Waals surface area contributed by atoms with Gasteiger partial charge in [-0.05, 0) is 30.4 Å². The molecule has 20 heavy (non-hydrogen) atoms. The summed E-state index contributed by atoms with van der Waals surface area (Å²) in [6.07, 6.45) is 6.28. The van der Waals surface area contributed by atoms with Crippen molar-refractivity contribution in [1.29, 1.82) is 0 Å². The van der Waals surface area contributed by atoms with Crippen LogP contribution in [0.3, 0.4) is 0 Å². The molecule has 0 aliphatic rings. The Bertz CT molecular complexity index is 329. The van der Waals surface area contributed by atoms with Crippen LogP contribution in [-0.4, -0.2) is 30.8 Å². The summed E-state index contributed by atoms with van der Waals surface area (Å²) in [7, 11) is 1.33. The number of methoxy groups -OCH3 is 1. The van der Waals surface area contributed by atoms with Crippen molar-refractivity contribution in [2.24, 2.45) is 11.8 Å². The van der Waals surface area contributed by atoms with Crippen LogP contribution in [-0.2, 0) is 14.3 Å². The molecule has 0 aromatic carbocycles. The minimum absolute atomic E-state index is 0.00574. The molecule has 2 unspecified atom stereocenters. The Labute approximate surface area is 127 Å². The maximum atomic E-state index is 12.0. The normalized spacial score (nSPS) is 14.3. The molecule has 2 atom stereocenters. The minimum Gasteiger partial charge on any atom is -0.467 e. The van der Waals surface area contributed by atoms with E-state index in [0.29, 0.717) is 6.42 Å². The van der Waals surface area contributed by atoms with Gasteiger partial charge in [0.1, 0.15) is 6.04 Å². The predicted molar refractivity (Wildman–Crippen MR) is 84.8 cm³/mol. The van der Waals surface area contributed by atoms with Crippen molar-refractivity contribution >= 4 is 24.5 Å². The van der Waals surface area contributed by atoms with Crippen LogP contribution in [0, 0.1) is 11.8 Å². The average molecular weight is 301 g/mol. The first-order valence-electron chi connectivity index (χ1n) is 7.10. The molecule has 1 amide bonds. The molecule has 0 saturated carbocycles. The first-order valence-corrected chi connectivity index (χ1v) is 7.74. The van der Waals surface area contributed by atoms with Gasteiger partial charge < -0.3 is 10.1 Å². The van der Waals surface area contributed by atoms with Gasteiger partial charge in [-0.1, -0.05) is 32.9 Å². The molecule has 0 aromatic rings. The van der Waals surface area contributed by atoms with Gasteiger partial charge in [0.25, 0.3) is 0 Å². The highest BCUT2D eigenvalue weighted by Gasteiger charge is 2.25. The molecule has 0 saturated heterocycles. The molecule has 5 heteroatoms. The second-order valence-electron chi connectivity index (χ2n) is 5.13. The molecule has 0 aromatic heterocycles. The number of hydrogen-bond donors (Lipinski definition) is 2. The molecule has 116 valence electrons. The number of ether oxygens (including phenoxy) is 1. The quantitative estimate of drug-likeness (QED) is 0.391. The molecule has 0 fully saturated rings. The molecule has 0 spiro atoms. The maximum absolute atomic E-state index is 12.0. The van der Waals surface area contributed by atoms with E-state index >= 15 is 0 Å². The van der Waals surface area contributed by atoms with E-state index in [4.69, 9.17) is 4.74 Å². The van der Waals surface area contributed by atoms with Gasteiger partial charge >= 0.3 is 5.97 Å². The summed E-state index contributed by atoms with van der Waals surface area (Å²) in [5.74, 6) is 0.492. The molecule has 4 nitrogen and oxygen atoms in total. The number of carbonyl (C=O) groups is 2. The van der Waals surface area contributed by atoms with E-state index in [2.05, 4.69) is 30.1 Å². The first-order chi connectivity index (χ1) is 9.46. The van der Waals surface area contributed by atoms with Crippen LogP contribution in [0.1, 0.15) is 40.0 Å². The van der Waals surface area contributed by atoms with E-state index in [1.165, 1.54) is 7.11 Å². The Morgan fingerprint density at radius 2 is 2.00 bits per heavy atom. The van der Waals surface area contributed by atoms with Gasteiger partial charge in [-0.25, -0.2) is 4.79 Å². The lowest BCUT2D eigenvalue weighted by Crippen LogP contribution is -2.45. The molecule has 0 bridgehead atoms. The van der Waals surface area contributed by atoms with Crippen molar-refractivity contribution in [3.05, 3.63) is 12.2 Å². The zero-order chi connectivity index (χ0) is 15.5. The van der Waals surface area contributed by atoms with Crippen LogP contribution in [0.2, 0.25) is 0 Å². The van der Waals surface area contributed by atoms with Crippen LogP contribution in [0.25, 0.3) is 0 Å². The van der Waals surface area contributed by atoms with Gasteiger partial charge in [0, 0.05) is 6.42 Å². The Balaban J connectivity index is 4.46.